The number of aromatic amines is 1. The maximum absolute atomic E-state index is 12.8. The van der Waals surface area contributed by atoms with Gasteiger partial charge in [0.05, 0.1) is 11.8 Å². The van der Waals surface area contributed by atoms with Gasteiger partial charge in [-0.05, 0) is 13.0 Å². The molecule has 0 aliphatic carbocycles. The predicted molar refractivity (Wildman–Crippen MR) is 55.5 cm³/mol. The second-order valence-electron chi connectivity index (χ2n) is 3.28. The summed E-state index contributed by atoms with van der Waals surface area (Å²) in [6.07, 6.45) is 2.33. The van der Waals surface area contributed by atoms with E-state index < -0.39 is 11.7 Å². The fraction of sp³-hybridized carbons (Fsp3) is 0.100. The Morgan fingerprint density at radius 1 is 1.44 bits per heavy atom. The zero-order valence-electron chi connectivity index (χ0n) is 8.49. The minimum absolute atomic E-state index is 0.153. The maximum atomic E-state index is 12.8. The van der Waals surface area contributed by atoms with Crippen LogP contribution in [-0.4, -0.2) is 21.1 Å². The third kappa shape index (κ3) is 2.22. The molecule has 0 fully saturated rings. The molecule has 1 amide bonds. The van der Waals surface area contributed by atoms with E-state index in [9.17, 15) is 9.18 Å². The highest BCUT2D eigenvalue weighted by Gasteiger charge is 2.08. The van der Waals surface area contributed by atoms with Gasteiger partial charge in [-0.2, -0.15) is 5.10 Å². The van der Waals surface area contributed by atoms with Gasteiger partial charge in [0.1, 0.15) is 5.82 Å². The third-order valence-corrected chi connectivity index (χ3v) is 1.91. The van der Waals surface area contributed by atoms with Crippen molar-refractivity contribution >= 4 is 11.7 Å². The highest BCUT2D eigenvalue weighted by atomic mass is 19.1. The smallest absolute Gasteiger partial charge is 0.258 e. The fourth-order valence-electron chi connectivity index (χ4n) is 1.21. The van der Waals surface area contributed by atoms with Crippen LogP contribution >= 0.6 is 0 Å². The summed E-state index contributed by atoms with van der Waals surface area (Å²) in [6.45, 7) is 1.81. The molecule has 0 aliphatic heterocycles. The molecule has 0 aliphatic rings. The van der Waals surface area contributed by atoms with Gasteiger partial charge in [-0.15, -0.1) is 0 Å². The monoisotopic (exact) mass is 220 g/mol. The van der Waals surface area contributed by atoms with Crippen LogP contribution in [0, 0.1) is 12.7 Å². The molecule has 0 spiro atoms. The van der Waals surface area contributed by atoms with E-state index in [-0.39, 0.29) is 5.56 Å². The summed E-state index contributed by atoms with van der Waals surface area (Å²) in [5.41, 5.74) is 0.980. The number of aryl methyl sites for hydroxylation is 1. The summed E-state index contributed by atoms with van der Waals surface area (Å²) in [7, 11) is 0. The van der Waals surface area contributed by atoms with Crippen LogP contribution in [0.3, 0.4) is 0 Å². The van der Waals surface area contributed by atoms with Crippen molar-refractivity contribution in [3.05, 3.63) is 41.6 Å². The lowest BCUT2D eigenvalue weighted by atomic mass is 10.2. The summed E-state index contributed by atoms with van der Waals surface area (Å²) in [4.78, 5) is 15.2. The number of nitrogens with one attached hydrogen (secondary N) is 2. The lowest BCUT2D eigenvalue weighted by Gasteiger charge is -2.00. The maximum Gasteiger partial charge on any atom is 0.258 e. The van der Waals surface area contributed by atoms with E-state index >= 15 is 0 Å². The van der Waals surface area contributed by atoms with Crippen LogP contribution in [0.15, 0.2) is 24.5 Å². The average molecular weight is 220 g/mol. The highest BCUT2D eigenvalue weighted by molar-refractivity contribution is 6.03. The lowest BCUT2D eigenvalue weighted by molar-refractivity contribution is 0.102. The van der Waals surface area contributed by atoms with Crippen molar-refractivity contribution < 1.29 is 9.18 Å². The molecule has 2 aromatic rings. The molecule has 16 heavy (non-hydrogen) atoms. The van der Waals surface area contributed by atoms with Crippen LogP contribution in [0.5, 0.6) is 0 Å². The Balaban J connectivity index is 2.14. The first kappa shape index (κ1) is 10.3. The summed E-state index contributed by atoms with van der Waals surface area (Å²) < 4.78 is 12.8. The molecule has 0 atom stereocenters. The van der Waals surface area contributed by atoms with E-state index in [0.29, 0.717) is 5.82 Å². The number of nitrogens with zero attached hydrogens (tertiary/aromatic N) is 2. The number of amides is 1. The first-order chi connectivity index (χ1) is 7.65. The van der Waals surface area contributed by atoms with Gasteiger partial charge in [0.15, 0.2) is 5.82 Å². The van der Waals surface area contributed by atoms with Gasteiger partial charge in [-0.25, -0.2) is 4.39 Å². The number of carbonyl (C=O) groups is 1. The number of halogens is 1. The Bertz CT molecular complexity index is 523. The second-order valence-corrected chi connectivity index (χ2v) is 3.28. The number of pyridine rings is 1. The molecule has 0 saturated carbocycles. The number of hydrogen-bond donors (Lipinski definition) is 2. The average Bonchev–Trinajstić information content (AvgIpc) is 2.64. The van der Waals surface area contributed by atoms with E-state index in [4.69, 9.17) is 0 Å². The lowest BCUT2D eigenvalue weighted by Crippen LogP contribution is -2.12. The van der Waals surface area contributed by atoms with Crippen molar-refractivity contribution in [2.75, 3.05) is 5.32 Å². The Labute approximate surface area is 90.7 Å². The molecule has 0 radical (unpaired) electrons. The Kier molecular flexibility index (Phi) is 2.63. The summed E-state index contributed by atoms with van der Waals surface area (Å²) in [5.74, 6) is -0.601. The fourth-order valence-corrected chi connectivity index (χ4v) is 1.21. The van der Waals surface area contributed by atoms with Crippen molar-refractivity contribution in [3.8, 4) is 0 Å². The minimum atomic E-state index is -0.550. The van der Waals surface area contributed by atoms with Crippen molar-refractivity contribution in [3.63, 3.8) is 0 Å². The van der Waals surface area contributed by atoms with Crippen LogP contribution in [-0.2, 0) is 0 Å². The molecule has 2 N–H and O–H groups in total. The molecular weight excluding hydrogens is 211 g/mol. The van der Waals surface area contributed by atoms with Crippen molar-refractivity contribution in [2.45, 2.75) is 6.92 Å². The van der Waals surface area contributed by atoms with Crippen LogP contribution in [0.25, 0.3) is 0 Å². The quantitative estimate of drug-likeness (QED) is 0.805. The van der Waals surface area contributed by atoms with Gasteiger partial charge in [0, 0.05) is 18.0 Å². The number of carbonyl (C=O) groups excluding carboxylic acids is 1. The highest BCUT2D eigenvalue weighted by Crippen LogP contribution is 2.07. The Hall–Kier alpha value is -2.24. The number of aromatic nitrogens is 3. The number of H-pyrrole nitrogens is 1. The molecule has 0 saturated heterocycles. The van der Waals surface area contributed by atoms with E-state index in [1.165, 1.54) is 6.20 Å². The van der Waals surface area contributed by atoms with Gasteiger partial charge in [0.25, 0.3) is 5.91 Å². The third-order valence-electron chi connectivity index (χ3n) is 1.91. The molecular formula is C10H9FN4O. The molecule has 0 bridgehead atoms. The van der Waals surface area contributed by atoms with Crippen molar-refractivity contribution in [2.24, 2.45) is 0 Å². The van der Waals surface area contributed by atoms with Gasteiger partial charge in [0.2, 0.25) is 0 Å². The topological polar surface area (TPSA) is 70.7 Å². The summed E-state index contributed by atoms with van der Waals surface area (Å²) >= 11 is 0. The van der Waals surface area contributed by atoms with E-state index in [2.05, 4.69) is 20.5 Å². The molecule has 5 nitrogen and oxygen atoms in total. The van der Waals surface area contributed by atoms with E-state index in [1.807, 2.05) is 6.92 Å². The van der Waals surface area contributed by atoms with Gasteiger partial charge in [-0.1, -0.05) is 0 Å². The number of hydrogen-bond acceptors (Lipinski definition) is 3. The Morgan fingerprint density at radius 3 is 2.88 bits per heavy atom. The Morgan fingerprint density at radius 2 is 2.25 bits per heavy atom. The van der Waals surface area contributed by atoms with Crippen LogP contribution in [0.4, 0.5) is 10.2 Å². The van der Waals surface area contributed by atoms with E-state index in [0.717, 1.165) is 18.0 Å². The molecule has 6 heteroatoms. The molecule has 0 unspecified atom stereocenters. The van der Waals surface area contributed by atoms with Crippen LogP contribution < -0.4 is 5.32 Å². The normalized spacial score (nSPS) is 10.1. The molecule has 0 aromatic carbocycles. The van der Waals surface area contributed by atoms with Crippen molar-refractivity contribution in [1.29, 1.82) is 0 Å². The zero-order valence-corrected chi connectivity index (χ0v) is 8.49. The van der Waals surface area contributed by atoms with Crippen LogP contribution in [0.2, 0.25) is 0 Å². The van der Waals surface area contributed by atoms with Gasteiger partial charge >= 0.3 is 0 Å². The largest absolute Gasteiger partial charge is 0.305 e. The van der Waals surface area contributed by atoms with Crippen LogP contribution in [0.1, 0.15) is 16.1 Å². The molecule has 2 heterocycles. The van der Waals surface area contributed by atoms with E-state index in [1.54, 1.807) is 6.07 Å². The molecule has 2 aromatic heterocycles. The second kappa shape index (κ2) is 4.09. The summed E-state index contributed by atoms with van der Waals surface area (Å²) in [6, 6.07) is 2.78. The first-order valence-corrected chi connectivity index (χ1v) is 4.59. The summed E-state index contributed by atoms with van der Waals surface area (Å²) in [5, 5.41) is 9.03. The molecule has 2 rings (SSSR count). The van der Waals surface area contributed by atoms with Gasteiger partial charge < -0.3 is 5.32 Å². The minimum Gasteiger partial charge on any atom is -0.305 e. The zero-order chi connectivity index (χ0) is 11.5. The predicted octanol–water partition coefficient (Wildman–Crippen LogP) is 1.50. The van der Waals surface area contributed by atoms with Crippen molar-refractivity contribution in [1.82, 2.24) is 15.2 Å². The SMILES string of the molecule is Cc1cc(NC(=O)c2cncc(F)c2)n[nH]1. The number of anilines is 1. The van der Waals surface area contributed by atoms with Gasteiger partial charge in [-0.3, -0.25) is 14.9 Å². The standard InChI is InChI=1S/C10H9FN4O/c1-6-2-9(15-14-6)13-10(16)7-3-8(11)5-12-4-7/h2-5H,1H3,(H2,13,14,15,16). The molecule has 82 valence electrons. The number of rotatable bonds is 2. The first-order valence-electron chi connectivity index (χ1n) is 4.59.